The molecule has 1 aliphatic heterocycles. The van der Waals surface area contributed by atoms with E-state index in [1.807, 2.05) is 38.4 Å². The molecule has 6 atom stereocenters. The van der Waals surface area contributed by atoms with Crippen LogP contribution in [-0.4, -0.2) is 90.4 Å². The lowest BCUT2D eigenvalue weighted by Crippen LogP contribution is -2.45. The Morgan fingerprint density at radius 2 is 1.67 bits per heavy atom. The number of nitriles is 1. The van der Waals surface area contributed by atoms with E-state index in [1.54, 1.807) is 72.2 Å². The molecule has 1 fully saturated rings. The number of ketones is 2. The van der Waals surface area contributed by atoms with Crippen LogP contribution in [0.25, 0.3) is 11.2 Å². The van der Waals surface area contributed by atoms with Crippen molar-refractivity contribution in [3.8, 4) is 6.07 Å². The number of hydrogen-bond acceptors (Lipinski definition) is 17. The maximum atomic E-state index is 14.5. The molecule has 19 nitrogen and oxygen atoms in total. The number of nitro groups is 1. The van der Waals surface area contributed by atoms with E-state index < -0.39 is 62.5 Å². The predicted octanol–water partition coefficient (Wildman–Crippen LogP) is 7.64. The number of hydrogen-bond donors (Lipinski definition) is 1. The number of nitrogens with two attached hydrogens (primary N) is 1. The van der Waals surface area contributed by atoms with Gasteiger partial charge in [0.2, 0.25) is 5.78 Å². The van der Waals surface area contributed by atoms with Gasteiger partial charge in [0.05, 0.1) is 30.3 Å². The highest BCUT2D eigenvalue weighted by atomic mass is 31.2. The maximum absolute atomic E-state index is 14.5. The van der Waals surface area contributed by atoms with Crippen molar-refractivity contribution in [1.82, 2.24) is 24.2 Å². The molecule has 63 heavy (non-hydrogen) atoms. The normalized spacial score (nSPS) is 17.7. The molecular formula is C43H47N8O11P. The number of rotatable bonds is 20. The minimum absolute atomic E-state index is 0.0443. The molecule has 6 rings (SSSR count). The van der Waals surface area contributed by atoms with E-state index in [4.69, 9.17) is 39.3 Å². The molecule has 1 aliphatic rings. The minimum atomic E-state index is -2.08. The van der Waals surface area contributed by atoms with Crippen molar-refractivity contribution < 1.29 is 47.6 Å². The van der Waals surface area contributed by atoms with Crippen molar-refractivity contribution in [3.63, 3.8) is 0 Å². The number of carbonyl (C=O) groups is 3. The molecule has 1 saturated heterocycles. The second-order valence-electron chi connectivity index (χ2n) is 15.1. The molecule has 0 amide bonds. The third-order valence-corrected chi connectivity index (χ3v) is 12.0. The number of fused-ring (bicyclic) bond motifs is 1. The van der Waals surface area contributed by atoms with Gasteiger partial charge in [-0.15, -0.1) is 0 Å². The van der Waals surface area contributed by atoms with Gasteiger partial charge in [0, 0.05) is 52.7 Å². The van der Waals surface area contributed by atoms with Crippen molar-refractivity contribution in [2.75, 3.05) is 18.9 Å². The smallest absolute Gasteiger partial charge is 0.434 e. The van der Waals surface area contributed by atoms with Gasteiger partial charge in [-0.05, 0) is 39.8 Å². The number of ether oxygens (including phenoxy) is 3. The Morgan fingerprint density at radius 3 is 2.32 bits per heavy atom. The van der Waals surface area contributed by atoms with Crippen LogP contribution in [0, 0.1) is 21.4 Å². The molecule has 330 valence electrons. The highest BCUT2D eigenvalue weighted by molar-refractivity contribution is 7.44. The summed E-state index contributed by atoms with van der Waals surface area (Å²) in [6.07, 6.45) is -3.38. The third-order valence-electron chi connectivity index (χ3n) is 10.0. The second kappa shape index (κ2) is 21.2. The summed E-state index contributed by atoms with van der Waals surface area (Å²) in [4.78, 5) is 71.3. The summed E-state index contributed by atoms with van der Waals surface area (Å²) in [6.45, 7) is 8.89. The van der Waals surface area contributed by atoms with E-state index in [1.165, 1.54) is 30.9 Å². The monoisotopic (exact) mass is 882 g/mol. The fraction of sp³-hybridized carbons (Fsp3) is 0.372. The van der Waals surface area contributed by atoms with E-state index in [0.29, 0.717) is 16.7 Å². The lowest BCUT2D eigenvalue weighted by molar-refractivity contribution is -0.385. The van der Waals surface area contributed by atoms with Crippen LogP contribution in [-0.2, 0) is 28.3 Å². The Kier molecular flexibility index (Phi) is 15.6. The first-order valence-electron chi connectivity index (χ1n) is 20.1. The number of carbonyl (C=O) groups excluding carboxylic acids is 3. The largest absolute Gasteiger partial charge is 0.509 e. The highest BCUT2D eigenvalue weighted by Crippen LogP contribution is 2.51. The summed E-state index contributed by atoms with van der Waals surface area (Å²) in [5, 5.41) is 21.2. The Labute approximate surface area is 364 Å². The highest BCUT2D eigenvalue weighted by Gasteiger charge is 2.49. The topological polar surface area (TPSA) is 246 Å². The Hall–Kier alpha value is -6.26. The Balaban J connectivity index is 1.32. The summed E-state index contributed by atoms with van der Waals surface area (Å²) in [6, 6.07) is 22.3. The van der Waals surface area contributed by atoms with Gasteiger partial charge in [0.1, 0.15) is 36.9 Å². The number of anilines is 1. The van der Waals surface area contributed by atoms with E-state index in [2.05, 4.69) is 15.0 Å². The molecule has 2 aromatic heterocycles. The molecule has 3 heterocycles. The zero-order chi connectivity index (χ0) is 45.2. The molecule has 0 radical (unpaired) electrons. The lowest BCUT2D eigenvalue weighted by atomic mass is 9.94. The third kappa shape index (κ3) is 11.0. The fourth-order valence-electron chi connectivity index (χ4n) is 7.13. The first kappa shape index (κ1) is 46.2. The number of aromatic nitrogens is 4. The van der Waals surface area contributed by atoms with Gasteiger partial charge >= 0.3 is 6.16 Å². The number of benzene rings is 3. The van der Waals surface area contributed by atoms with E-state index in [-0.39, 0.29) is 65.5 Å². The van der Waals surface area contributed by atoms with Crippen LogP contribution in [0.5, 0.6) is 0 Å². The van der Waals surface area contributed by atoms with Gasteiger partial charge in [-0.3, -0.25) is 24.3 Å². The number of Topliss-reactive ketones (excluding diaryl/α,β-unsaturated/α-hetero) is 1. The van der Waals surface area contributed by atoms with Gasteiger partial charge in [-0.2, -0.15) is 9.94 Å². The quantitative estimate of drug-likeness (QED) is 0.0150. The molecule has 5 aromatic rings. The minimum Gasteiger partial charge on any atom is -0.434 e. The number of nitro benzene ring substituents is 1. The molecule has 3 aromatic carbocycles. The number of nitrogens with zero attached hydrogens (tertiary/aromatic N) is 7. The van der Waals surface area contributed by atoms with Gasteiger partial charge in [-0.25, -0.2) is 29.3 Å². The molecule has 0 bridgehead atoms. The van der Waals surface area contributed by atoms with Crippen LogP contribution in [0.2, 0.25) is 0 Å². The average molecular weight is 883 g/mol. The molecule has 20 heteroatoms. The molecule has 3 unspecified atom stereocenters. The van der Waals surface area contributed by atoms with Crippen molar-refractivity contribution in [3.05, 3.63) is 124 Å². The Bertz CT molecular complexity index is 2420. The SMILES string of the molecule is CC(COC(=O)OC(C(=O)c1ccccc1)[C@H]1O[C@@H](n2cnc3c(N)ncnc32)C[C@@H]1OP(OOCCC#N)N(C(C)C)C(C)C)c1cc(C(=O)c2ccccc2)ccc1[N+](=O)[O-]. The summed E-state index contributed by atoms with van der Waals surface area (Å²) >= 11 is 0. The standard InChI is InChI=1S/C43H47N8O11P/c1-26(2)50(27(3)4)63(62-58-20-12-19-44)61-34-22-35(49-25-48-36-41(45)46-24-47-42(36)49)59-39(34)40(38(53)30-15-10-7-11-16-30)60-43(54)57-23-28(5)32-21-31(17-18-33(32)51(55)56)37(52)29-13-8-6-9-14-29/h6-11,13-18,21,24-28,34-35,39-40H,12,20,22-23H2,1-5H3,(H2,45,46,47)/t28?,34-,35+,39-,40?,63?/m0/s1. The van der Waals surface area contributed by atoms with Crippen molar-refractivity contribution in [2.24, 2.45) is 0 Å². The van der Waals surface area contributed by atoms with Crippen molar-refractivity contribution >= 4 is 48.9 Å². The van der Waals surface area contributed by atoms with E-state index >= 15 is 0 Å². The van der Waals surface area contributed by atoms with Gasteiger partial charge < -0.3 is 24.5 Å². The van der Waals surface area contributed by atoms with Crippen molar-refractivity contribution in [1.29, 1.82) is 5.26 Å². The fourth-order valence-corrected chi connectivity index (χ4v) is 8.70. The van der Waals surface area contributed by atoms with Crippen LogP contribution in [0.4, 0.5) is 16.3 Å². The predicted molar refractivity (Wildman–Crippen MR) is 228 cm³/mol. The van der Waals surface area contributed by atoms with Crippen LogP contribution in [0.3, 0.4) is 0 Å². The maximum Gasteiger partial charge on any atom is 0.509 e. The molecule has 0 aliphatic carbocycles. The first-order valence-corrected chi connectivity index (χ1v) is 21.2. The zero-order valence-electron chi connectivity index (χ0n) is 35.2. The number of imidazole rings is 1. The Morgan fingerprint density at radius 1 is 0.984 bits per heavy atom. The summed E-state index contributed by atoms with van der Waals surface area (Å²) in [5.41, 5.74) is 7.38. The van der Waals surface area contributed by atoms with Crippen LogP contribution < -0.4 is 5.73 Å². The number of nitrogen functional groups attached to an aromatic ring is 1. The molecule has 2 N–H and O–H groups in total. The average Bonchev–Trinajstić information content (AvgIpc) is 3.90. The lowest BCUT2D eigenvalue weighted by Gasteiger charge is -2.37. The first-order chi connectivity index (χ1) is 30.3. The summed E-state index contributed by atoms with van der Waals surface area (Å²) < 4.78 is 34.2. The van der Waals surface area contributed by atoms with Crippen molar-refractivity contribution in [2.45, 2.75) is 90.0 Å². The van der Waals surface area contributed by atoms with Gasteiger partial charge in [0.15, 0.2) is 23.4 Å². The molecule has 0 spiro atoms. The van der Waals surface area contributed by atoms with E-state index in [0.717, 1.165) is 0 Å². The van der Waals surface area contributed by atoms with Gasteiger partial charge in [0.25, 0.3) is 14.2 Å². The summed E-state index contributed by atoms with van der Waals surface area (Å²) in [5.74, 6) is -1.67. The zero-order valence-corrected chi connectivity index (χ0v) is 36.1. The summed E-state index contributed by atoms with van der Waals surface area (Å²) in [7, 11) is -2.08. The van der Waals surface area contributed by atoms with Gasteiger partial charge in [-0.1, -0.05) is 67.6 Å². The van der Waals surface area contributed by atoms with Crippen LogP contribution in [0.1, 0.15) is 91.4 Å². The molecule has 0 saturated carbocycles. The molecular weight excluding hydrogens is 835 g/mol. The van der Waals surface area contributed by atoms with Crippen LogP contribution in [0.15, 0.2) is 91.5 Å². The van der Waals surface area contributed by atoms with E-state index in [9.17, 15) is 24.5 Å². The second-order valence-corrected chi connectivity index (χ2v) is 16.4. The van der Waals surface area contributed by atoms with Crippen LogP contribution >= 0.6 is 8.53 Å².